The van der Waals surface area contributed by atoms with Crippen molar-refractivity contribution < 1.29 is 10.2 Å². The number of fused-ring (bicyclic) bond motifs is 1. The van der Waals surface area contributed by atoms with Crippen molar-refractivity contribution in [3.8, 4) is 11.5 Å². The van der Waals surface area contributed by atoms with E-state index in [1.807, 2.05) is 18.2 Å². The van der Waals surface area contributed by atoms with Gasteiger partial charge in [-0.15, -0.1) is 0 Å². The first-order valence-corrected chi connectivity index (χ1v) is 7.72. The molecule has 0 unspecified atom stereocenters. The molecule has 2 aromatic rings. The Labute approximate surface area is 128 Å². The molecule has 2 nitrogen and oxygen atoms in total. The fraction of sp³-hybridized carbons (Fsp3) is 0.368. The van der Waals surface area contributed by atoms with Crippen LogP contribution in [0.4, 0.5) is 0 Å². The Morgan fingerprint density at radius 3 is 1.86 bits per heavy atom. The summed E-state index contributed by atoms with van der Waals surface area (Å²) in [6, 6.07) is 14.4. The summed E-state index contributed by atoms with van der Waals surface area (Å²) in [5.74, 6) is 0.730. The van der Waals surface area contributed by atoms with Crippen LogP contribution in [0.15, 0.2) is 48.5 Å². The van der Waals surface area contributed by atoms with Crippen molar-refractivity contribution in [3.63, 3.8) is 0 Å². The molecule has 0 heterocycles. The molecule has 1 aliphatic carbocycles. The van der Waals surface area contributed by atoms with E-state index in [4.69, 9.17) is 5.11 Å². The molecule has 0 saturated heterocycles. The third-order valence-corrected chi connectivity index (χ3v) is 3.09. The predicted octanol–water partition coefficient (Wildman–Crippen LogP) is 5.08. The Morgan fingerprint density at radius 1 is 0.762 bits per heavy atom. The van der Waals surface area contributed by atoms with Crippen LogP contribution in [0.3, 0.4) is 0 Å². The van der Waals surface area contributed by atoms with Gasteiger partial charge in [0.15, 0.2) is 0 Å². The largest absolute Gasteiger partial charge is 0.508 e. The lowest BCUT2D eigenvalue weighted by Gasteiger charge is -2.14. The van der Waals surface area contributed by atoms with Crippen molar-refractivity contribution in [2.45, 2.75) is 46.0 Å². The number of para-hydroxylation sites is 1. The molecule has 0 atom stereocenters. The highest BCUT2D eigenvalue weighted by Gasteiger charge is 2.08. The van der Waals surface area contributed by atoms with Gasteiger partial charge in [-0.3, -0.25) is 0 Å². The lowest BCUT2D eigenvalue weighted by atomic mass is 9.92. The zero-order valence-electron chi connectivity index (χ0n) is 13.0. The van der Waals surface area contributed by atoms with Gasteiger partial charge in [-0.2, -0.15) is 0 Å². The SMILES string of the molecule is CCC.Oc1ccc2c(c1)CCCC2.Oc1ccccc1. The number of aryl methyl sites for hydroxylation is 2. The summed E-state index contributed by atoms with van der Waals surface area (Å²) in [7, 11) is 0. The summed E-state index contributed by atoms with van der Waals surface area (Å²) >= 11 is 0. The Morgan fingerprint density at radius 2 is 1.33 bits per heavy atom. The number of phenolic OH excluding ortho intramolecular Hbond substituents is 2. The van der Waals surface area contributed by atoms with E-state index in [0.29, 0.717) is 11.5 Å². The molecule has 2 aromatic carbocycles. The van der Waals surface area contributed by atoms with E-state index in [1.165, 1.54) is 36.8 Å². The molecule has 3 rings (SSSR count). The molecule has 0 bridgehead atoms. The second-order valence-corrected chi connectivity index (χ2v) is 5.20. The Kier molecular flexibility index (Phi) is 8.03. The highest BCUT2D eigenvalue weighted by atomic mass is 16.3. The molecule has 0 aromatic heterocycles. The minimum absolute atomic E-state index is 0.322. The van der Waals surface area contributed by atoms with E-state index in [1.54, 1.807) is 30.3 Å². The molecular weight excluding hydrogens is 260 g/mol. The quantitative estimate of drug-likeness (QED) is 0.709. The van der Waals surface area contributed by atoms with Crippen molar-refractivity contribution in [1.82, 2.24) is 0 Å². The Hall–Kier alpha value is -1.96. The van der Waals surface area contributed by atoms with Gasteiger partial charge in [0.1, 0.15) is 11.5 Å². The van der Waals surface area contributed by atoms with Crippen molar-refractivity contribution in [2.75, 3.05) is 0 Å². The normalized spacial score (nSPS) is 12.1. The fourth-order valence-electron chi connectivity index (χ4n) is 2.15. The van der Waals surface area contributed by atoms with Gasteiger partial charge in [0.05, 0.1) is 0 Å². The van der Waals surface area contributed by atoms with Gasteiger partial charge in [-0.25, -0.2) is 0 Å². The first kappa shape index (κ1) is 17.1. The molecule has 2 N–H and O–H groups in total. The number of rotatable bonds is 0. The maximum Gasteiger partial charge on any atom is 0.115 e. The smallest absolute Gasteiger partial charge is 0.115 e. The summed E-state index contributed by atoms with van der Waals surface area (Å²) in [4.78, 5) is 0. The van der Waals surface area contributed by atoms with Crippen LogP contribution in [0.1, 0.15) is 44.2 Å². The highest BCUT2D eigenvalue weighted by Crippen LogP contribution is 2.24. The third-order valence-electron chi connectivity index (χ3n) is 3.09. The average molecular weight is 286 g/mol. The van der Waals surface area contributed by atoms with Crippen LogP contribution in [-0.4, -0.2) is 10.2 Å². The van der Waals surface area contributed by atoms with Crippen LogP contribution in [0, 0.1) is 0 Å². The summed E-state index contributed by atoms with van der Waals surface area (Å²) < 4.78 is 0. The van der Waals surface area contributed by atoms with E-state index >= 15 is 0 Å². The molecule has 0 spiro atoms. The second-order valence-electron chi connectivity index (χ2n) is 5.20. The van der Waals surface area contributed by atoms with E-state index in [0.717, 1.165) is 6.42 Å². The third kappa shape index (κ3) is 6.84. The van der Waals surface area contributed by atoms with Gasteiger partial charge >= 0.3 is 0 Å². The van der Waals surface area contributed by atoms with Crippen molar-refractivity contribution >= 4 is 0 Å². The molecule has 0 saturated carbocycles. The number of hydrogen-bond acceptors (Lipinski definition) is 2. The first-order valence-electron chi connectivity index (χ1n) is 7.72. The number of phenols is 2. The molecule has 0 fully saturated rings. The van der Waals surface area contributed by atoms with Gasteiger partial charge in [0.2, 0.25) is 0 Å². The lowest BCUT2D eigenvalue weighted by Crippen LogP contribution is -2.01. The van der Waals surface area contributed by atoms with Gasteiger partial charge in [0, 0.05) is 0 Å². The monoisotopic (exact) mass is 286 g/mol. The Bertz CT molecular complexity index is 506. The zero-order valence-corrected chi connectivity index (χ0v) is 13.0. The zero-order chi connectivity index (χ0) is 15.5. The van der Waals surface area contributed by atoms with Gasteiger partial charge in [-0.05, 0) is 61.1 Å². The topological polar surface area (TPSA) is 40.5 Å². The van der Waals surface area contributed by atoms with Crippen LogP contribution in [0.2, 0.25) is 0 Å². The number of hydrogen-bond donors (Lipinski definition) is 2. The molecule has 0 radical (unpaired) electrons. The molecule has 114 valence electrons. The van der Waals surface area contributed by atoms with Gasteiger partial charge < -0.3 is 10.2 Å². The van der Waals surface area contributed by atoms with E-state index in [-0.39, 0.29) is 0 Å². The second kappa shape index (κ2) is 9.87. The molecule has 1 aliphatic rings. The lowest BCUT2D eigenvalue weighted by molar-refractivity contribution is 0.473. The molecule has 2 heteroatoms. The maximum absolute atomic E-state index is 9.19. The van der Waals surface area contributed by atoms with Crippen molar-refractivity contribution in [3.05, 3.63) is 59.7 Å². The fourth-order valence-corrected chi connectivity index (χ4v) is 2.15. The minimum atomic E-state index is 0.322. The number of aromatic hydroxyl groups is 2. The molecule has 0 aliphatic heterocycles. The van der Waals surface area contributed by atoms with Crippen LogP contribution in [0.5, 0.6) is 11.5 Å². The summed E-state index contributed by atoms with van der Waals surface area (Å²) in [6.45, 7) is 4.25. The van der Waals surface area contributed by atoms with E-state index in [2.05, 4.69) is 13.8 Å². The Balaban J connectivity index is 0.000000190. The van der Waals surface area contributed by atoms with E-state index < -0.39 is 0 Å². The van der Waals surface area contributed by atoms with Gasteiger partial charge in [-0.1, -0.05) is 44.5 Å². The van der Waals surface area contributed by atoms with E-state index in [9.17, 15) is 5.11 Å². The van der Waals surface area contributed by atoms with Crippen molar-refractivity contribution in [2.24, 2.45) is 0 Å². The highest BCUT2D eigenvalue weighted by molar-refractivity contribution is 5.36. The summed E-state index contributed by atoms with van der Waals surface area (Å²) in [6.07, 6.45) is 6.16. The number of benzene rings is 2. The van der Waals surface area contributed by atoms with Gasteiger partial charge in [0.25, 0.3) is 0 Å². The van der Waals surface area contributed by atoms with Crippen molar-refractivity contribution in [1.29, 1.82) is 0 Å². The minimum Gasteiger partial charge on any atom is -0.508 e. The summed E-state index contributed by atoms with van der Waals surface area (Å²) in [5.41, 5.74) is 2.77. The van der Waals surface area contributed by atoms with Crippen LogP contribution in [0.25, 0.3) is 0 Å². The van der Waals surface area contributed by atoms with Crippen LogP contribution >= 0.6 is 0 Å². The molecule has 21 heavy (non-hydrogen) atoms. The standard InChI is InChI=1S/C10H12O.C6H6O.C3H8/c11-10-6-5-8-3-1-2-4-9(8)7-10;7-6-4-2-1-3-5-6;1-3-2/h5-7,11H,1-4H2;1-5,7H;3H2,1-2H3. The van der Waals surface area contributed by atoms with Crippen LogP contribution in [-0.2, 0) is 12.8 Å². The molecule has 0 amide bonds. The first-order chi connectivity index (χ1) is 10.2. The predicted molar refractivity (Wildman–Crippen MR) is 88.8 cm³/mol. The average Bonchev–Trinajstić information content (AvgIpc) is 2.49. The van der Waals surface area contributed by atoms with Crippen LogP contribution < -0.4 is 0 Å². The maximum atomic E-state index is 9.19. The summed E-state index contributed by atoms with van der Waals surface area (Å²) in [5, 5.41) is 17.8. The molecular formula is C19H26O2.